The molecule has 0 spiro atoms. The number of likely N-dealkylation sites (N-methyl/N-ethyl adjacent to an activating group) is 1. The third-order valence-electron chi connectivity index (χ3n) is 7.59. The molecule has 7 nitrogen and oxygen atoms in total. The fourth-order valence-corrected chi connectivity index (χ4v) is 6.35. The van der Waals surface area contributed by atoms with Crippen molar-refractivity contribution in [1.29, 1.82) is 0 Å². The number of benzene rings is 3. The van der Waals surface area contributed by atoms with E-state index in [-0.39, 0.29) is 24.7 Å². The van der Waals surface area contributed by atoms with E-state index in [9.17, 15) is 13.2 Å². The molecular weight excluding hydrogens is 510 g/mol. The zero-order chi connectivity index (χ0) is 27.7. The van der Waals surface area contributed by atoms with Gasteiger partial charge in [-0.3, -0.25) is 0 Å². The Kier molecular flexibility index (Phi) is 10.1. The van der Waals surface area contributed by atoms with Crippen LogP contribution >= 0.6 is 0 Å². The quantitative estimate of drug-likeness (QED) is 0.328. The lowest BCUT2D eigenvalue weighted by Crippen LogP contribution is -2.46. The van der Waals surface area contributed by atoms with Crippen LogP contribution in [0, 0.1) is 0 Å². The lowest BCUT2D eigenvalue weighted by molar-refractivity contribution is 0.0719. The van der Waals surface area contributed by atoms with Gasteiger partial charge in [-0.05, 0) is 55.0 Å². The maximum Gasteiger partial charge on any atom is 0.410 e. The minimum atomic E-state index is -3.56. The van der Waals surface area contributed by atoms with Crippen LogP contribution in [0.3, 0.4) is 0 Å². The molecule has 8 heteroatoms. The summed E-state index contributed by atoms with van der Waals surface area (Å²) in [5.41, 5.74) is 2.12. The highest BCUT2D eigenvalue weighted by Gasteiger charge is 2.28. The van der Waals surface area contributed by atoms with Crippen molar-refractivity contribution in [3.63, 3.8) is 0 Å². The number of hydrogen-bond acceptors (Lipinski definition) is 5. The predicted molar refractivity (Wildman–Crippen MR) is 154 cm³/mol. The Morgan fingerprint density at radius 1 is 0.897 bits per heavy atom. The van der Waals surface area contributed by atoms with Gasteiger partial charge >= 0.3 is 6.09 Å². The first-order chi connectivity index (χ1) is 18.8. The highest BCUT2D eigenvalue weighted by molar-refractivity contribution is 7.89. The Morgan fingerprint density at radius 2 is 1.46 bits per heavy atom. The fraction of sp³-hybridized carbons (Fsp3) is 0.387. The van der Waals surface area contributed by atoms with E-state index >= 15 is 0 Å². The SMILES string of the molecule is CN(C(=O)OCc1ccccc1)C1CCN(CC[C@H](CN(C)S(=O)(=O)c2ccccc2)c2ccccc2)CC1. The van der Waals surface area contributed by atoms with Crippen molar-refractivity contribution in [2.45, 2.75) is 42.7 Å². The molecule has 3 aromatic rings. The van der Waals surface area contributed by atoms with Gasteiger partial charge in [0.05, 0.1) is 4.90 Å². The average molecular weight is 550 g/mol. The number of nitrogens with zero attached hydrogens (tertiary/aromatic N) is 3. The average Bonchev–Trinajstić information content (AvgIpc) is 2.99. The molecular formula is C31H39N3O4S. The second kappa shape index (κ2) is 13.7. The van der Waals surface area contributed by atoms with E-state index in [0.717, 1.165) is 50.0 Å². The zero-order valence-corrected chi connectivity index (χ0v) is 23.7. The molecule has 1 heterocycles. The predicted octanol–water partition coefficient (Wildman–Crippen LogP) is 5.21. The molecule has 1 aliphatic heterocycles. The molecule has 39 heavy (non-hydrogen) atoms. The van der Waals surface area contributed by atoms with Crippen molar-refractivity contribution in [3.05, 3.63) is 102 Å². The van der Waals surface area contributed by atoms with Crippen LogP contribution in [-0.4, -0.2) is 74.9 Å². The molecule has 208 valence electrons. The van der Waals surface area contributed by atoms with Crippen LogP contribution in [-0.2, 0) is 21.4 Å². The molecule has 1 saturated heterocycles. The van der Waals surface area contributed by atoms with Crippen LogP contribution < -0.4 is 0 Å². The monoisotopic (exact) mass is 549 g/mol. The second-order valence-corrected chi connectivity index (χ2v) is 12.3. The van der Waals surface area contributed by atoms with E-state index in [4.69, 9.17) is 4.74 Å². The number of rotatable bonds is 11. The van der Waals surface area contributed by atoms with E-state index in [0.29, 0.717) is 11.4 Å². The number of piperidine rings is 1. The summed E-state index contributed by atoms with van der Waals surface area (Å²) in [5.74, 6) is 0.0723. The molecule has 0 unspecified atom stereocenters. The molecule has 0 saturated carbocycles. The highest BCUT2D eigenvalue weighted by atomic mass is 32.2. The largest absolute Gasteiger partial charge is 0.445 e. The van der Waals surface area contributed by atoms with Gasteiger partial charge in [-0.1, -0.05) is 78.9 Å². The number of likely N-dealkylation sites (tertiary alicyclic amines) is 1. The van der Waals surface area contributed by atoms with Crippen molar-refractivity contribution in [1.82, 2.24) is 14.1 Å². The summed E-state index contributed by atoms with van der Waals surface area (Å²) in [5, 5.41) is 0. The molecule has 1 aliphatic rings. The van der Waals surface area contributed by atoms with Gasteiger partial charge in [0.1, 0.15) is 6.61 Å². The van der Waals surface area contributed by atoms with Crippen LogP contribution in [0.25, 0.3) is 0 Å². The highest BCUT2D eigenvalue weighted by Crippen LogP contribution is 2.25. The van der Waals surface area contributed by atoms with E-state index in [2.05, 4.69) is 17.0 Å². The number of ether oxygens (including phenoxy) is 1. The fourth-order valence-electron chi connectivity index (χ4n) is 5.11. The van der Waals surface area contributed by atoms with Crippen molar-refractivity contribution in [2.75, 3.05) is 40.3 Å². The van der Waals surface area contributed by atoms with Gasteiger partial charge in [-0.2, -0.15) is 0 Å². The summed E-state index contributed by atoms with van der Waals surface area (Å²) in [6, 6.07) is 28.6. The van der Waals surface area contributed by atoms with Gasteiger partial charge in [-0.25, -0.2) is 17.5 Å². The minimum absolute atomic E-state index is 0.0723. The van der Waals surface area contributed by atoms with Gasteiger partial charge in [-0.15, -0.1) is 0 Å². The zero-order valence-electron chi connectivity index (χ0n) is 22.9. The lowest BCUT2D eigenvalue weighted by Gasteiger charge is -2.37. The minimum Gasteiger partial charge on any atom is -0.445 e. The Labute approximate surface area is 233 Å². The third-order valence-corrected chi connectivity index (χ3v) is 9.43. The Bertz CT molecular complexity index is 1260. The summed E-state index contributed by atoms with van der Waals surface area (Å²) in [6.07, 6.45) is 2.33. The summed E-state index contributed by atoms with van der Waals surface area (Å²) >= 11 is 0. The van der Waals surface area contributed by atoms with Gasteiger partial charge in [0.2, 0.25) is 10.0 Å². The van der Waals surface area contributed by atoms with Crippen molar-refractivity contribution in [2.24, 2.45) is 0 Å². The van der Waals surface area contributed by atoms with E-state index in [1.54, 1.807) is 36.2 Å². The smallest absolute Gasteiger partial charge is 0.410 e. The summed E-state index contributed by atoms with van der Waals surface area (Å²) in [4.78, 5) is 17.1. The van der Waals surface area contributed by atoms with Crippen LogP contribution in [0.5, 0.6) is 0 Å². The summed E-state index contributed by atoms with van der Waals surface area (Å²) < 4.78 is 33.3. The van der Waals surface area contributed by atoms with Gasteiger partial charge in [0, 0.05) is 39.8 Å². The van der Waals surface area contributed by atoms with Gasteiger partial charge in [0.15, 0.2) is 0 Å². The molecule has 3 aromatic carbocycles. The number of sulfonamides is 1. The number of carbonyl (C=O) groups is 1. The van der Waals surface area contributed by atoms with Crippen LogP contribution in [0.4, 0.5) is 4.79 Å². The van der Waals surface area contributed by atoms with E-state index in [1.807, 2.05) is 61.6 Å². The van der Waals surface area contributed by atoms with Crippen molar-refractivity contribution in [3.8, 4) is 0 Å². The standard InChI is InChI=1S/C31H39N3O4S/c1-32(39(36,37)30-16-10-5-11-17-30)24-28(27-14-8-4-9-15-27)18-21-34-22-19-29(20-23-34)33(2)31(35)38-25-26-12-6-3-7-13-26/h3-17,28-29H,18-25H2,1-2H3/t28-/m1/s1. The van der Waals surface area contributed by atoms with Gasteiger partial charge in [0.25, 0.3) is 0 Å². The maximum atomic E-state index is 13.2. The summed E-state index contributed by atoms with van der Waals surface area (Å²) in [6.45, 7) is 3.33. The first-order valence-electron chi connectivity index (χ1n) is 13.6. The Balaban J connectivity index is 1.29. The first kappa shape index (κ1) is 28.8. The molecule has 1 atom stereocenters. The summed E-state index contributed by atoms with van der Waals surface area (Å²) in [7, 11) is -0.0777. The normalized spacial score (nSPS) is 15.7. The molecule has 0 aliphatic carbocycles. The second-order valence-electron chi connectivity index (χ2n) is 10.2. The van der Waals surface area contributed by atoms with Crippen LogP contribution in [0.1, 0.15) is 36.3 Å². The number of hydrogen-bond donors (Lipinski definition) is 0. The molecule has 0 aromatic heterocycles. The van der Waals surface area contributed by atoms with Crippen LogP contribution in [0.15, 0.2) is 95.9 Å². The van der Waals surface area contributed by atoms with E-state index < -0.39 is 10.0 Å². The third kappa shape index (κ3) is 7.91. The Morgan fingerprint density at radius 3 is 2.08 bits per heavy atom. The van der Waals surface area contributed by atoms with Crippen molar-refractivity contribution < 1.29 is 17.9 Å². The van der Waals surface area contributed by atoms with Crippen molar-refractivity contribution >= 4 is 16.1 Å². The first-order valence-corrected chi connectivity index (χ1v) is 15.0. The molecule has 0 N–H and O–H groups in total. The molecule has 0 radical (unpaired) electrons. The lowest BCUT2D eigenvalue weighted by atomic mass is 9.94. The molecule has 0 bridgehead atoms. The number of carbonyl (C=O) groups excluding carboxylic acids is 1. The Hall–Kier alpha value is -3.20. The molecule has 1 amide bonds. The molecule has 1 fully saturated rings. The van der Waals surface area contributed by atoms with E-state index in [1.165, 1.54) is 4.31 Å². The van der Waals surface area contributed by atoms with Crippen LogP contribution in [0.2, 0.25) is 0 Å². The number of amides is 1. The maximum absolute atomic E-state index is 13.2. The topological polar surface area (TPSA) is 70.2 Å². The van der Waals surface area contributed by atoms with Gasteiger partial charge < -0.3 is 14.5 Å². The molecule has 4 rings (SSSR count).